The second kappa shape index (κ2) is 8.34. The molecule has 2 fully saturated rings. The molecule has 40 heavy (non-hydrogen) atoms. The molecule has 0 amide bonds. The van der Waals surface area contributed by atoms with E-state index in [2.05, 4.69) is 105 Å². The Balaban J connectivity index is 1.57. The van der Waals surface area contributed by atoms with E-state index < -0.39 is 0 Å². The molecule has 206 valence electrons. The van der Waals surface area contributed by atoms with Gasteiger partial charge in [0.2, 0.25) is 0 Å². The van der Waals surface area contributed by atoms with Crippen molar-refractivity contribution in [1.29, 1.82) is 0 Å². The van der Waals surface area contributed by atoms with Crippen LogP contribution in [0.25, 0.3) is 28.1 Å². The first-order valence-corrected chi connectivity index (χ1v) is 16.1. The summed E-state index contributed by atoms with van der Waals surface area (Å²) in [7, 11) is 0. The number of benzene rings is 3. The van der Waals surface area contributed by atoms with E-state index in [1.807, 2.05) is 0 Å². The SMILES string of the molecule is CCC1(C)c2ccccc2-c2n(-c3c(C)cccc3C)c3cc4c(cc3[n+]2C1(C)CC)C1CC2CC(CC4C2)C1. The summed E-state index contributed by atoms with van der Waals surface area (Å²) >= 11 is 0. The largest absolute Gasteiger partial charge is 0.295 e. The fourth-order valence-electron chi connectivity index (χ4n) is 10.3. The van der Waals surface area contributed by atoms with Crippen molar-refractivity contribution in [3.05, 3.63) is 82.4 Å². The molecule has 2 heteroatoms. The third kappa shape index (κ3) is 2.98. The van der Waals surface area contributed by atoms with Gasteiger partial charge in [0.25, 0.3) is 5.82 Å². The van der Waals surface area contributed by atoms with Crippen molar-refractivity contribution in [1.82, 2.24) is 4.57 Å². The number of aryl methyl sites for hydroxylation is 2. The summed E-state index contributed by atoms with van der Waals surface area (Å²) in [5.41, 5.74) is 13.3. The van der Waals surface area contributed by atoms with Crippen LogP contribution in [0.1, 0.15) is 112 Å². The normalized spacial score (nSPS) is 31.6. The Morgan fingerprint density at radius 1 is 0.775 bits per heavy atom. The van der Waals surface area contributed by atoms with E-state index >= 15 is 0 Å². The van der Waals surface area contributed by atoms with E-state index in [1.165, 1.54) is 76.9 Å². The fraction of sp³-hybridized carbons (Fsp3) is 0.500. The maximum atomic E-state index is 2.83. The maximum Gasteiger partial charge on any atom is 0.295 e. The summed E-state index contributed by atoms with van der Waals surface area (Å²) in [4.78, 5) is 0. The zero-order chi connectivity index (χ0) is 27.6. The molecule has 2 nitrogen and oxygen atoms in total. The van der Waals surface area contributed by atoms with Crippen molar-refractivity contribution in [3.8, 4) is 17.1 Å². The van der Waals surface area contributed by atoms with Crippen LogP contribution in [0.5, 0.6) is 0 Å². The van der Waals surface area contributed by atoms with Gasteiger partial charge in [0, 0.05) is 5.41 Å². The monoisotopic (exact) mass is 529 g/mol. The number of imidazole rings is 1. The van der Waals surface area contributed by atoms with Gasteiger partial charge in [-0.15, -0.1) is 0 Å². The molecule has 0 spiro atoms. The highest BCUT2D eigenvalue weighted by atomic mass is 15.2. The highest BCUT2D eigenvalue weighted by Gasteiger charge is 2.57. The van der Waals surface area contributed by atoms with Crippen LogP contribution >= 0.6 is 0 Å². The van der Waals surface area contributed by atoms with Crippen molar-refractivity contribution in [3.63, 3.8) is 0 Å². The lowest BCUT2D eigenvalue weighted by Crippen LogP contribution is -2.67. The molecular weight excluding hydrogens is 484 g/mol. The molecule has 1 aromatic heterocycles. The number of aromatic nitrogens is 2. The predicted octanol–water partition coefficient (Wildman–Crippen LogP) is 9.40. The summed E-state index contributed by atoms with van der Waals surface area (Å²) in [6.45, 7) is 14.5. The Hall–Kier alpha value is -2.87. The first-order valence-electron chi connectivity index (χ1n) is 16.1. The number of rotatable bonds is 3. The van der Waals surface area contributed by atoms with Gasteiger partial charge in [0.15, 0.2) is 11.0 Å². The number of hydrogen-bond donors (Lipinski definition) is 0. The molecule has 4 aromatic rings. The van der Waals surface area contributed by atoms with E-state index in [0.717, 1.165) is 36.5 Å². The molecule has 0 N–H and O–H groups in total. The van der Waals surface area contributed by atoms with Crippen LogP contribution in [0, 0.1) is 25.7 Å². The Labute approximate surface area is 240 Å². The highest BCUT2D eigenvalue weighted by Crippen LogP contribution is 2.58. The van der Waals surface area contributed by atoms with Crippen molar-refractivity contribution < 1.29 is 4.57 Å². The molecule has 4 unspecified atom stereocenters. The van der Waals surface area contributed by atoms with Gasteiger partial charge >= 0.3 is 0 Å². The van der Waals surface area contributed by atoms with E-state index in [1.54, 1.807) is 11.1 Å². The fourth-order valence-corrected chi connectivity index (χ4v) is 10.3. The lowest BCUT2D eigenvalue weighted by molar-refractivity contribution is -0.743. The molecular formula is C38H45N2+. The molecule has 4 bridgehead atoms. The van der Waals surface area contributed by atoms with E-state index in [4.69, 9.17) is 0 Å². The van der Waals surface area contributed by atoms with Crippen LogP contribution in [-0.4, -0.2) is 4.57 Å². The quantitative estimate of drug-likeness (QED) is 0.234. The average molecular weight is 530 g/mol. The smallest absolute Gasteiger partial charge is 0.216 e. The van der Waals surface area contributed by atoms with Gasteiger partial charge < -0.3 is 0 Å². The summed E-state index contributed by atoms with van der Waals surface area (Å²) < 4.78 is 5.52. The van der Waals surface area contributed by atoms with Gasteiger partial charge in [-0.3, -0.25) is 0 Å². The average Bonchev–Trinajstić information content (AvgIpc) is 3.19. The first-order chi connectivity index (χ1) is 19.3. The van der Waals surface area contributed by atoms with Crippen LogP contribution in [-0.2, 0) is 11.0 Å². The van der Waals surface area contributed by atoms with E-state index in [-0.39, 0.29) is 11.0 Å². The Kier molecular flexibility index (Phi) is 5.19. The Morgan fingerprint density at radius 2 is 1.40 bits per heavy atom. The zero-order valence-corrected chi connectivity index (χ0v) is 25.3. The molecule has 2 saturated carbocycles. The van der Waals surface area contributed by atoms with Crippen molar-refractivity contribution in [2.45, 2.75) is 109 Å². The van der Waals surface area contributed by atoms with Crippen LogP contribution in [0.2, 0.25) is 0 Å². The lowest BCUT2D eigenvalue weighted by Gasteiger charge is -2.48. The standard InChI is InChI=1S/C38H45N2/c1-7-37(5)32-15-10-9-14-29(32)36-39(35-23(3)12-11-13-24(35)4)33-21-30-27-17-25-16-26(18-27)20-28(19-25)31(30)22-34(33)40(36)38(37,6)8-2/h9-15,21-22,25-28H,7-8,16-20H2,1-6H3/q+1. The molecule has 2 heterocycles. The molecule has 3 aromatic carbocycles. The Morgan fingerprint density at radius 3 is 2.02 bits per heavy atom. The lowest BCUT2D eigenvalue weighted by atomic mass is 9.61. The third-order valence-electron chi connectivity index (χ3n) is 12.6. The van der Waals surface area contributed by atoms with Crippen molar-refractivity contribution >= 4 is 11.0 Å². The molecule has 4 aliphatic carbocycles. The predicted molar refractivity (Wildman–Crippen MR) is 166 cm³/mol. The van der Waals surface area contributed by atoms with Crippen LogP contribution in [0.15, 0.2) is 54.6 Å². The summed E-state index contributed by atoms with van der Waals surface area (Å²) in [6, 6.07) is 21.6. The van der Waals surface area contributed by atoms with Crippen molar-refractivity contribution in [2.24, 2.45) is 11.8 Å². The molecule has 9 rings (SSSR count). The van der Waals surface area contributed by atoms with Gasteiger partial charge in [-0.2, -0.15) is 4.57 Å². The van der Waals surface area contributed by atoms with Gasteiger partial charge in [-0.1, -0.05) is 57.2 Å². The molecule has 1 aliphatic heterocycles. The molecule has 4 atom stereocenters. The van der Waals surface area contributed by atoms with Gasteiger partial charge in [-0.05, 0) is 135 Å². The van der Waals surface area contributed by atoms with Gasteiger partial charge in [0.1, 0.15) is 11.2 Å². The Bertz CT molecular complexity index is 1660. The minimum Gasteiger partial charge on any atom is -0.216 e. The summed E-state index contributed by atoms with van der Waals surface area (Å²) in [6.07, 6.45) is 9.35. The number of para-hydroxylation sites is 1. The van der Waals surface area contributed by atoms with Crippen LogP contribution in [0.4, 0.5) is 0 Å². The van der Waals surface area contributed by atoms with Crippen LogP contribution < -0.4 is 4.57 Å². The van der Waals surface area contributed by atoms with Crippen LogP contribution in [0.3, 0.4) is 0 Å². The molecule has 0 saturated heterocycles. The molecule has 0 radical (unpaired) electrons. The molecule has 5 aliphatic rings. The maximum absolute atomic E-state index is 2.83. The van der Waals surface area contributed by atoms with E-state index in [9.17, 15) is 0 Å². The minimum absolute atomic E-state index is 0.0400. The first kappa shape index (κ1) is 24.9. The second-order valence-electron chi connectivity index (χ2n) is 14.4. The summed E-state index contributed by atoms with van der Waals surface area (Å²) in [5.74, 6) is 4.74. The van der Waals surface area contributed by atoms with E-state index in [0.29, 0.717) is 0 Å². The second-order valence-corrected chi connectivity index (χ2v) is 14.4. The topological polar surface area (TPSA) is 8.81 Å². The number of nitrogens with zero attached hydrogens (tertiary/aromatic N) is 2. The zero-order valence-electron chi connectivity index (χ0n) is 25.3. The highest BCUT2D eigenvalue weighted by molar-refractivity contribution is 5.84. The third-order valence-corrected chi connectivity index (χ3v) is 12.6. The minimum atomic E-state index is -0.0400. The summed E-state index contributed by atoms with van der Waals surface area (Å²) in [5, 5.41) is 0. The van der Waals surface area contributed by atoms with Crippen molar-refractivity contribution in [2.75, 3.05) is 0 Å². The van der Waals surface area contributed by atoms with Gasteiger partial charge in [0.05, 0.1) is 5.56 Å². The van der Waals surface area contributed by atoms with Gasteiger partial charge in [-0.25, -0.2) is 4.57 Å². The number of fused-ring (bicyclic) bond motifs is 5. The number of hydrogen-bond acceptors (Lipinski definition) is 0.